The first-order valence-corrected chi connectivity index (χ1v) is 16.8. The zero-order valence-electron chi connectivity index (χ0n) is 26.2. The van der Waals surface area contributed by atoms with E-state index in [0.717, 1.165) is 13.0 Å². The standard InChI is InChI=1S/C38H59N2/c1-4-6-8-10-12-13-15-23-29-37(40-32-31-39(34-40)30-24-16-14-11-9-7-5-2)38(3,36-27-21-18-22-28-36)33-35-25-19-17-20-26-35/h17-22,25-28,31-32,34,37H,4-16,23-24,29-30,33H2,1-3H3/q+1. The van der Waals surface area contributed by atoms with E-state index in [9.17, 15) is 0 Å². The number of aromatic nitrogens is 2. The molecule has 0 spiro atoms. The van der Waals surface area contributed by atoms with Crippen molar-refractivity contribution in [3.63, 3.8) is 0 Å². The molecule has 0 radical (unpaired) electrons. The monoisotopic (exact) mass is 543 g/mol. The van der Waals surface area contributed by atoms with Gasteiger partial charge in [-0.3, -0.25) is 0 Å². The average Bonchev–Trinajstić information content (AvgIpc) is 3.45. The van der Waals surface area contributed by atoms with Crippen LogP contribution in [0, 0.1) is 0 Å². The fraction of sp³-hybridized carbons (Fsp3) is 0.605. The summed E-state index contributed by atoms with van der Waals surface area (Å²) in [5, 5.41) is 0. The van der Waals surface area contributed by atoms with E-state index < -0.39 is 0 Å². The molecule has 220 valence electrons. The van der Waals surface area contributed by atoms with Gasteiger partial charge in [0.1, 0.15) is 18.4 Å². The van der Waals surface area contributed by atoms with Crippen molar-refractivity contribution in [1.29, 1.82) is 0 Å². The van der Waals surface area contributed by atoms with E-state index >= 15 is 0 Å². The zero-order valence-corrected chi connectivity index (χ0v) is 26.2. The topological polar surface area (TPSA) is 8.81 Å². The van der Waals surface area contributed by atoms with Crippen molar-refractivity contribution in [3.05, 3.63) is 90.5 Å². The lowest BCUT2D eigenvalue weighted by Gasteiger charge is -2.37. The Morgan fingerprint density at radius 3 is 1.77 bits per heavy atom. The first-order chi connectivity index (χ1) is 19.7. The van der Waals surface area contributed by atoms with Crippen LogP contribution in [0.4, 0.5) is 0 Å². The highest BCUT2D eigenvalue weighted by Gasteiger charge is 2.40. The number of imidazole rings is 1. The van der Waals surface area contributed by atoms with Crippen LogP contribution in [0.5, 0.6) is 0 Å². The lowest BCUT2D eigenvalue weighted by Crippen LogP contribution is -2.38. The van der Waals surface area contributed by atoms with Gasteiger partial charge >= 0.3 is 0 Å². The molecule has 0 saturated heterocycles. The number of benzene rings is 2. The summed E-state index contributed by atoms with van der Waals surface area (Å²) in [5.74, 6) is 0. The molecule has 0 N–H and O–H groups in total. The molecule has 1 heterocycles. The predicted octanol–water partition coefficient (Wildman–Crippen LogP) is 10.8. The second-order valence-corrected chi connectivity index (χ2v) is 12.4. The normalized spacial score (nSPS) is 13.8. The average molecular weight is 544 g/mol. The van der Waals surface area contributed by atoms with Gasteiger partial charge in [0.2, 0.25) is 6.33 Å². The van der Waals surface area contributed by atoms with E-state index in [2.05, 4.69) is 109 Å². The number of nitrogens with zero attached hydrogens (tertiary/aromatic N) is 2. The van der Waals surface area contributed by atoms with Gasteiger partial charge in [0, 0.05) is 5.41 Å². The second-order valence-electron chi connectivity index (χ2n) is 12.4. The van der Waals surface area contributed by atoms with Gasteiger partial charge in [0.05, 0.1) is 6.54 Å². The molecule has 0 fully saturated rings. The summed E-state index contributed by atoms with van der Waals surface area (Å²) in [6, 6.07) is 22.9. The molecule has 3 aromatic rings. The largest absolute Gasteiger partial charge is 0.244 e. The molecule has 0 saturated carbocycles. The van der Waals surface area contributed by atoms with Gasteiger partial charge in [-0.05, 0) is 43.2 Å². The Morgan fingerprint density at radius 1 is 0.650 bits per heavy atom. The van der Waals surface area contributed by atoms with Gasteiger partial charge in [-0.2, -0.15) is 0 Å². The molecular formula is C38H59N2+. The quantitative estimate of drug-likeness (QED) is 0.0880. The van der Waals surface area contributed by atoms with Gasteiger partial charge in [-0.15, -0.1) is 0 Å². The summed E-state index contributed by atoms with van der Waals surface area (Å²) in [7, 11) is 0. The molecule has 40 heavy (non-hydrogen) atoms. The summed E-state index contributed by atoms with van der Waals surface area (Å²) in [5.41, 5.74) is 2.90. The number of hydrogen-bond acceptors (Lipinski definition) is 0. The molecule has 2 heteroatoms. The fourth-order valence-electron chi connectivity index (χ4n) is 6.50. The third-order valence-corrected chi connectivity index (χ3v) is 9.01. The number of unbranched alkanes of at least 4 members (excludes halogenated alkanes) is 13. The molecule has 0 aliphatic heterocycles. The Morgan fingerprint density at radius 2 is 1.18 bits per heavy atom. The maximum atomic E-state index is 2.57. The summed E-state index contributed by atoms with van der Waals surface area (Å²) < 4.78 is 5.01. The third kappa shape index (κ3) is 10.9. The van der Waals surface area contributed by atoms with Crippen molar-refractivity contribution in [1.82, 2.24) is 4.57 Å². The van der Waals surface area contributed by atoms with Crippen LogP contribution in [0.15, 0.2) is 79.4 Å². The van der Waals surface area contributed by atoms with Gasteiger partial charge < -0.3 is 0 Å². The highest BCUT2D eigenvalue weighted by Crippen LogP contribution is 2.41. The lowest BCUT2D eigenvalue weighted by molar-refractivity contribution is -0.697. The Labute approximate surface area is 247 Å². The Balaban J connectivity index is 1.73. The number of hydrogen-bond donors (Lipinski definition) is 0. The summed E-state index contributed by atoms with van der Waals surface area (Å²) >= 11 is 0. The highest BCUT2D eigenvalue weighted by molar-refractivity contribution is 5.30. The summed E-state index contributed by atoms with van der Waals surface area (Å²) in [6.07, 6.45) is 29.9. The van der Waals surface area contributed by atoms with Crippen LogP contribution in [0.3, 0.4) is 0 Å². The minimum Gasteiger partial charge on any atom is -0.237 e. The van der Waals surface area contributed by atoms with Crippen molar-refractivity contribution in [2.45, 2.75) is 148 Å². The Kier molecular flexibility index (Phi) is 15.2. The number of aryl methyl sites for hydroxylation is 1. The minimum atomic E-state index is 0.0138. The van der Waals surface area contributed by atoms with Crippen LogP contribution >= 0.6 is 0 Å². The van der Waals surface area contributed by atoms with Gasteiger partial charge in [-0.1, -0.05) is 158 Å². The van der Waals surface area contributed by atoms with Crippen molar-refractivity contribution >= 4 is 0 Å². The van der Waals surface area contributed by atoms with Crippen LogP contribution in [0.25, 0.3) is 0 Å². The first kappa shape index (κ1) is 32.2. The molecule has 2 aromatic carbocycles. The van der Waals surface area contributed by atoms with Crippen molar-refractivity contribution in [2.24, 2.45) is 0 Å². The molecule has 3 rings (SSSR count). The SMILES string of the molecule is CCCCCCCCCCC(n1cc[n+](CCCCCCCCC)c1)C(C)(Cc1ccccc1)c1ccccc1. The molecule has 0 aliphatic rings. The Bertz CT molecular complexity index is 1010. The first-order valence-electron chi connectivity index (χ1n) is 16.8. The molecule has 2 nitrogen and oxygen atoms in total. The van der Waals surface area contributed by atoms with Gasteiger partial charge in [-0.25, -0.2) is 9.13 Å². The van der Waals surface area contributed by atoms with Crippen molar-refractivity contribution in [3.8, 4) is 0 Å². The molecule has 2 atom stereocenters. The third-order valence-electron chi connectivity index (χ3n) is 9.01. The van der Waals surface area contributed by atoms with Crippen LogP contribution in [-0.4, -0.2) is 4.57 Å². The second kappa shape index (κ2) is 18.9. The van der Waals surface area contributed by atoms with Crippen LogP contribution in [-0.2, 0) is 18.4 Å². The van der Waals surface area contributed by atoms with E-state index in [1.54, 1.807) is 0 Å². The highest BCUT2D eigenvalue weighted by atomic mass is 15.1. The molecule has 2 unspecified atom stereocenters. The van der Waals surface area contributed by atoms with E-state index in [1.165, 1.54) is 114 Å². The van der Waals surface area contributed by atoms with Gasteiger partial charge in [0.25, 0.3) is 0 Å². The van der Waals surface area contributed by atoms with E-state index in [4.69, 9.17) is 0 Å². The molecule has 0 aliphatic carbocycles. The predicted molar refractivity (Wildman–Crippen MR) is 173 cm³/mol. The van der Waals surface area contributed by atoms with Crippen LogP contribution in [0.1, 0.15) is 141 Å². The summed E-state index contributed by atoms with van der Waals surface area (Å²) in [4.78, 5) is 0. The summed E-state index contributed by atoms with van der Waals surface area (Å²) in [6.45, 7) is 8.25. The fourth-order valence-corrected chi connectivity index (χ4v) is 6.50. The van der Waals surface area contributed by atoms with E-state index in [1.807, 2.05) is 0 Å². The van der Waals surface area contributed by atoms with Crippen molar-refractivity contribution < 1.29 is 4.57 Å². The minimum absolute atomic E-state index is 0.0138. The van der Waals surface area contributed by atoms with E-state index in [0.29, 0.717) is 6.04 Å². The van der Waals surface area contributed by atoms with Crippen LogP contribution < -0.4 is 4.57 Å². The van der Waals surface area contributed by atoms with Gasteiger partial charge in [0.15, 0.2) is 0 Å². The maximum Gasteiger partial charge on any atom is 0.244 e. The lowest BCUT2D eigenvalue weighted by atomic mass is 9.70. The molecular weight excluding hydrogens is 484 g/mol. The Hall–Kier alpha value is -2.35. The maximum absolute atomic E-state index is 2.57. The molecule has 0 bridgehead atoms. The van der Waals surface area contributed by atoms with Crippen LogP contribution in [0.2, 0.25) is 0 Å². The molecule has 0 amide bonds. The number of rotatable bonds is 22. The van der Waals surface area contributed by atoms with Crippen molar-refractivity contribution in [2.75, 3.05) is 0 Å². The van der Waals surface area contributed by atoms with E-state index in [-0.39, 0.29) is 5.41 Å². The zero-order chi connectivity index (χ0) is 28.3. The molecule has 1 aromatic heterocycles. The smallest absolute Gasteiger partial charge is 0.237 e.